The lowest BCUT2D eigenvalue weighted by atomic mass is 9.93. The highest BCUT2D eigenvalue weighted by atomic mass is 16.5. The van der Waals surface area contributed by atoms with Crippen LogP contribution in [0.25, 0.3) is 0 Å². The first kappa shape index (κ1) is 15.4. The third kappa shape index (κ3) is 3.69. The van der Waals surface area contributed by atoms with E-state index in [9.17, 15) is 4.79 Å². The van der Waals surface area contributed by atoms with E-state index in [0.717, 1.165) is 32.0 Å². The topological polar surface area (TPSA) is 41.6 Å². The molecule has 0 amide bonds. The van der Waals surface area contributed by atoms with Gasteiger partial charge in [-0.25, -0.2) is 0 Å². The Hall–Kier alpha value is -0.610. The van der Waals surface area contributed by atoms with Gasteiger partial charge in [-0.1, -0.05) is 13.8 Å². The van der Waals surface area contributed by atoms with E-state index < -0.39 is 5.54 Å². The maximum absolute atomic E-state index is 11.9. The maximum Gasteiger partial charge on any atom is 0.325 e. The van der Waals surface area contributed by atoms with E-state index in [2.05, 4.69) is 24.1 Å². The predicted molar refractivity (Wildman–Crippen MR) is 73.5 cm³/mol. The van der Waals surface area contributed by atoms with Crippen molar-refractivity contribution in [3.05, 3.63) is 0 Å². The minimum Gasteiger partial charge on any atom is -0.468 e. The molecule has 18 heavy (non-hydrogen) atoms. The van der Waals surface area contributed by atoms with Crippen LogP contribution >= 0.6 is 0 Å². The zero-order valence-electron chi connectivity index (χ0n) is 12.5. The van der Waals surface area contributed by atoms with E-state index in [1.807, 2.05) is 13.8 Å². The van der Waals surface area contributed by atoms with Crippen molar-refractivity contribution in [2.45, 2.75) is 52.1 Å². The summed E-state index contributed by atoms with van der Waals surface area (Å²) in [5, 5.41) is 3.27. The van der Waals surface area contributed by atoms with Crippen molar-refractivity contribution in [3.63, 3.8) is 0 Å². The Balaban J connectivity index is 2.62. The van der Waals surface area contributed by atoms with Gasteiger partial charge in [0.1, 0.15) is 5.54 Å². The molecule has 0 radical (unpaired) electrons. The highest BCUT2D eigenvalue weighted by molar-refractivity contribution is 5.80. The number of methoxy groups -OCH3 is 1. The van der Waals surface area contributed by atoms with Crippen molar-refractivity contribution in [2.24, 2.45) is 5.92 Å². The van der Waals surface area contributed by atoms with Gasteiger partial charge in [-0.2, -0.15) is 0 Å². The van der Waals surface area contributed by atoms with Crippen LogP contribution in [-0.2, 0) is 9.53 Å². The summed E-state index contributed by atoms with van der Waals surface area (Å²) in [6.45, 7) is 11.5. The Morgan fingerprint density at radius 3 is 2.72 bits per heavy atom. The second kappa shape index (κ2) is 6.53. The summed E-state index contributed by atoms with van der Waals surface area (Å²) < 4.78 is 4.93. The normalized spacial score (nSPS) is 25.7. The van der Waals surface area contributed by atoms with Gasteiger partial charge >= 0.3 is 5.97 Å². The standard InChI is InChI=1S/C14H28N2O2/c1-6-15-14(4,13(17)18-5)9-12(3)16-8-7-11(2)10-16/h11-12,15H,6-10H2,1-5H3. The Kier molecular flexibility index (Phi) is 5.60. The first-order valence-corrected chi connectivity index (χ1v) is 7.00. The van der Waals surface area contributed by atoms with Gasteiger partial charge in [-0.3, -0.25) is 4.79 Å². The number of likely N-dealkylation sites (N-methyl/N-ethyl adjacent to an activating group) is 1. The number of rotatable bonds is 6. The van der Waals surface area contributed by atoms with E-state index in [1.165, 1.54) is 13.5 Å². The minimum atomic E-state index is -0.575. The average Bonchev–Trinajstić information content (AvgIpc) is 2.75. The lowest BCUT2D eigenvalue weighted by molar-refractivity contribution is -0.148. The summed E-state index contributed by atoms with van der Waals surface area (Å²) >= 11 is 0. The van der Waals surface area contributed by atoms with Crippen LogP contribution in [0.15, 0.2) is 0 Å². The number of ether oxygens (including phenoxy) is 1. The maximum atomic E-state index is 11.9. The molecule has 1 fully saturated rings. The molecule has 3 atom stereocenters. The van der Waals surface area contributed by atoms with Crippen molar-refractivity contribution in [1.29, 1.82) is 0 Å². The summed E-state index contributed by atoms with van der Waals surface area (Å²) in [4.78, 5) is 14.4. The molecule has 1 aliphatic heterocycles. The zero-order chi connectivity index (χ0) is 13.8. The van der Waals surface area contributed by atoms with Gasteiger partial charge in [0.2, 0.25) is 0 Å². The Labute approximate surface area is 111 Å². The number of hydrogen-bond donors (Lipinski definition) is 1. The fourth-order valence-electron chi connectivity index (χ4n) is 2.93. The van der Waals surface area contributed by atoms with Crippen LogP contribution < -0.4 is 5.32 Å². The number of nitrogens with zero attached hydrogens (tertiary/aromatic N) is 1. The molecule has 4 heteroatoms. The average molecular weight is 256 g/mol. The van der Waals surface area contributed by atoms with Crippen molar-refractivity contribution in [1.82, 2.24) is 10.2 Å². The van der Waals surface area contributed by atoms with Gasteiger partial charge in [-0.05, 0) is 45.7 Å². The lowest BCUT2D eigenvalue weighted by Gasteiger charge is -2.34. The zero-order valence-corrected chi connectivity index (χ0v) is 12.5. The second-order valence-electron chi connectivity index (χ2n) is 5.80. The van der Waals surface area contributed by atoms with Gasteiger partial charge in [0.15, 0.2) is 0 Å². The van der Waals surface area contributed by atoms with E-state index in [1.54, 1.807) is 0 Å². The minimum absolute atomic E-state index is 0.163. The molecular formula is C14H28N2O2. The fourth-order valence-corrected chi connectivity index (χ4v) is 2.93. The molecular weight excluding hydrogens is 228 g/mol. The smallest absolute Gasteiger partial charge is 0.325 e. The van der Waals surface area contributed by atoms with Gasteiger partial charge in [0.05, 0.1) is 7.11 Å². The Morgan fingerprint density at radius 2 is 2.28 bits per heavy atom. The van der Waals surface area contributed by atoms with E-state index >= 15 is 0 Å². The molecule has 0 aliphatic carbocycles. The molecule has 0 spiro atoms. The molecule has 1 aliphatic rings. The van der Waals surface area contributed by atoms with Crippen LogP contribution in [0.4, 0.5) is 0 Å². The first-order valence-electron chi connectivity index (χ1n) is 7.00. The van der Waals surface area contributed by atoms with Crippen molar-refractivity contribution >= 4 is 5.97 Å². The summed E-state index contributed by atoms with van der Waals surface area (Å²) in [5.74, 6) is 0.611. The van der Waals surface area contributed by atoms with Crippen LogP contribution in [0.2, 0.25) is 0 Å². The Morgan fingerprint density at radius 1 is 1.61 bits per heavy atom. The van der Waals surface area contributed by atoms with E-state index in [-0.39, 0.29) is 5.97 Å². The molecule has 0 aromatic rings. The molecule has 3 unspecified atom stereocenters. The van der Waals surface area contributed by atoms with Crippen molar-refractivity contribution in [2.75, 3.05) is 26.7 Å². The molecule has 1 saturated heterocycles. The lowest BCUT2D eigenvalue weighted by Crippen LogP contribution is -2.53. The van der Waals surface area contributed by atoms with Crippen molar-refractivity contribution in [3.8, 4) is 0 Å². The van der Waals surface area contributed by atoms with Gasteiger partial charge in [0.25, 0.3) is 0 Å². The van der Waals surface area contributed by atoms with Crippen LogP contribution in [0, 0.1) is 5.92 Å². The largest absolute Gasteiger partial charge is 0.468 e. The molecule has 1 rings (SSSR count). The third-order valence-electron chi connectivity index (χ3n) is 3.99. The summed E-state index contributed by atoms with van der Waals surface area (Å²) in [5.41, 5.74) is -0.575. The molecule has 1 heterocycles. The second-order valence-corrected chi connectivity index (χ2v) is 5.80. The Bertz CT molecular complexity index is 283. The number of hydrogen-bond acceptors (Lipinski definition) is 4. The molecule has 0 bridgehead atoms. The number of esters is 1. The van der Waals surface area contributed by atoms with Gasteiger partial charge in [0, 0.05) is 12.6 Å². The van der Waals surface area contributed by atoms with Crippen LogP contribution in [0.5, 0.6) is 0 Å². The predicted octanol–water partition coefficient (Wildman–Crippen LogP) is 1.65. The molecule has 106 valence electrons. The van der Waals surface area contributed by atoms with Crippen molar-refractivity contribution < 1.29 is 9.53 Å². The van der Waals surface area contributed by atoms with E-state index in [4.69, 9.17) is 4.74 Å². The molecule has 1 N–H and O–H groups in total. The summed E-state index contributed by atoms with van der Waals surface area (Å²) in [7, 11) is 1.46. The SMILES string of the molecule is CCNC(C)(CC(C)N1CCC(C)C1)C(=O)OC. The summed E-state index contributed by atoms with van der Waals surface area (Å²) in [6.07, 6.45) is 2.06. The quantitative estimate of drug-likeness (QED) is 0.734. The first-order chi connectivity index (χ1) is 8.42. The number of carbonyl (C=O) groups is 1. The monoisotopic (exact) mass is 256 g/mol. The number of likely N-dealkylation sites (tertiary alicyclic amines) is 1. The highest BCUT2D eigenvalue weighted by Crippen LogP contribution is 2.23. The summed E-state index contributed by atoms with van der Waals surface area (Å²) in [6, 6.07) is 0.401. The molecule has 0 saturated carbocycles. The van der Waals surface area contributed by atoms with E-state index in [0.29, 0.717) is 6.04 Å². The van der Waals surface area contributed by atoms with Crippen LogP contribution in [0.3, 0.4) is 0 Å². The molecule has 4 nitrogen and oxygen atoms in total. The van der Waals surface area contributed by atoms with Crippen LogP contribution in [-0.4, -0.2) is 49.2 Å². The number of nitrogens with one attached hydrogen (secondary N) is 1. The third-order valence-corrected chi connectivity index (χ3v) is 3.99. The van der Waals surface area contributed by atoms with Gasteiger partial charge in [-0.15, -0.1) is 0 Å². The fraction of sp³-hybridized carbons (Fsp3) is 0.929. The molecule has 0 aromatic carbocycles. The van der Waals surface area contributed by atoms with Crippen LogP contribution in [0.1, 0.15) is 40.5 Å². The highest BCUT2D eigenvalue weighted by Gasteiger charge is 2.37. The van der Waals surface area contributed by atoms with Gasteiger partial charge < -0.3 is 15.0 Å². The molecule has 0 aromatic heterocycles. The number of carbonyl (C=O) groups excluding carboxylic acids is 1.